The van der Waals surface area contributed by atoms with Gasteiger partial charge in [-0.25, -0.2) is 0 Å². The summed E-state index contributed by atoms with van der Waals surface area (Å²) in [5.41, 5.74) is 4.32. The van der Waals surface area contributed by atoms with Crippen LogP contribution in [0.5, 0.6) is 0 Å². The molecule has 1 aromatic carbocycles. The second-order valence-electron chi connectivity index (χ2n) is 6.39. The smallest absolute Gasteiger partial charge is 0.0250 e. The molecule has 0 amide bonds. The third-order valence-corrected chi connectivity index (χ3v) is 5.09. The molecule has 0 aliphatic carbocycles. The zero-order valence-corrected chi connectivity index (χ0v) is 12.5. The quantitative estimate of drug-likeness (QED) is 0.804. The summed E-state index contributed by atoms with van der Waals surface area (Å²) in [6.07, 6.45) is 2.79. The first-order valence-electron chi connectivity index (χ1n) is 7.69. The molecule has 2 heterocycles. The van der Waals surface area contributed by atoms with Crippen LogP contribution in [0.1, 0.15) is 36.5 Å². The predicted octanol–water partition coefficient (Wildman–Crippen LogP) is 2.97. The lowest BCUT2D eigenvalue weighted by molar-refractivity contribution is 0.0469. The van der Waals surface area contributed by atoms with Gasteiger partial charge in [-0.2, -0.15) is 0 Å². The Bertz CT molecular complexity index is 455. The molecule has 2 nitrogen and oxygen atoms in total. The molecule has 0 N–H and O–H groups in total. The van der Waals surface area contributed by atoms with Crippen LogP contribution in [-0.2, 0) is 6.54 Å². The fourth-order valence-corrected chi connectivity index (χ4v) is 3.84. The van der Waals surface area contributed by atoms with E-state index in [-0.39, 0.29) is 0 Å². The van der Waals surface area contributed by atoms with E-state index in [0.29, 0.717) is 6.04 Å². The highest BCUT2D eigenvalue weighted by atomic mass is 15.3. The van der Waals surface area contributed by atoms with Crippen molar-refractivity contribution in [2.24, 2.45) is 0 Å². The molecule has 19 heavy (non-hydrogen) atoms. The Morgan fingerprint density at radius 2 is 2.00 bits per heavy atom. The van der Waals surface area contributed by atoms with Crippen LogP contribution in [0.4, 0.5) is 0 Å². The third-order valence-electron chi connectivity index (χ3n) is 5.09. The molecule has 2 fully saturated rings. The predicted molar refractivity (Wildman–Crippen MR) is 80.4 cm³/mol. The van der Waals surface area contributed by atoms with Crippen LogP contribution < -0.4 is 0 Å². The molecule has 0 aromatic heterocycles. The average molecular weight is 258 g/mol. The molecule has 2 atom stereocenters. The monoisotopic (exact) mass is 258 g/mol. The molecule has 104 valence electrons. The van der Waals surface area contributed by atoms with Crippen molar-refractivity contribution in [3.8, 4) is 0 Å². The molecule has 2 aliphatic heterocycles. The van der Waals surface area contributed by atoms with Gasteiger partial charge >= 0.3 is 0 Å². The van der Waals surface area contributed by atoms with E-state index in [0.717, 1.165) is 12.6 Å². The van der Waals surface area contributed by atoms with Gasteiger partial charge in [0.2, 0.25) is 0 Å². The Morgan fingerprint density at radius 3 is 2.79 bits per heavy atom. The molecule has 0 spiro atoms. The van der Waals surface area contributed by atoms with Crippen molar-refractivity contribution < 1.29 is 0 Å². The van der Waals surface area contributed by atoms with Crippen molar-refractivity contribution in [3.05, 3.63) is 34.9 Å². The first kappa shape index (κ1) is 13.1. The number of fused-ring (bicyclic) bond motifs is 1. The van der Waals surface area contributed by atoms with E-state index < -0.39 is 0 Å². The number of nitrogens with zero attached hydrogens (tertiary/aromatic N) is 2. The Morgan fingerprint density at radius 1 is 1.16 bits per heavy atom. The maximum Gasteiger partial charge on any atom is 0.0250 e. The van der Waals surface area contributed by atoms with Gasteiger partial charge in [0, 0.05) is 31.7 Å². The molecule has 0 radical (unpaired) electrons. The molecule has 2 saturated heterocycles. The van der Waals surface area contributed by atoms with Gasteiger partial charge in [-0.3, -0.25) is 9.80 Å². The van der Waals surface area contributed by atoms with Gasteiger partial charge in [0.1, 0.15) is 0 Å². The lowest BCUT2D eigenvalue weighted by Crippen LogP contribution is -2.55. The van der Waals surface area contributed by atoms with Gasteiger partial charge in [-0.15, -0.1) is 0 Å². The number of rotatable bonds is 2. The van der Waals surface area contributed by atoms with Gasteiger partial charge in [0.25, 0.3) is 0 Å². The minimum Gasteiger partial charge on any atom is -0.298 e. The first-order chi connectivity index (χ1) is 9.15. The Hall–Kier alpha value is -0.860. The number of benzene rings is 1. The summed E-state index contributed by atoms with van der Waals surface area (Å²) in [6, 6.07) is 8.39. The number of hydrogen-bond acceptors (Lipinski definition) is 2. The Balaban J connectivity index is 1.72. The molecule has 0 saturated carbocycles. The van der Waals surface area contributed by atoms with Gasteiger partial charge in [0.05, 0.1) is 0 Å². The largest absolute Gasteiger partial charge is 0.298 e. The van der Waals surface area contributed by atoms with Crippen LogP contribution in [0.25, 0.3) is 0 Å². The lowest BCUT2D eigenvalue weighted by Gasteiger charge is -2.43. The fraction of sp³-hybridized carbons (Fsp3) is 0.647. The highest BCUT2D eigenvalue weighted by Gasteiger charge is 2.36. The Labute approximate surface area is 117 Å². The SMILES string of the molecule is Cc1ccc(CN2CCN3CCCC3C2C)c(C)c1. The summed E-state index contributed by atoms with van der Waals surface area (Å²) in [5.74, 6) is 0. The minimum absolute atomic E-state index is 0.706. The zero-order chi connectivity index (χ0) is 13.4. The van der Waals surface area contributed by atoms with E-state index >= 15 is 0 Å². The van der Waals surface area contributed by atoms with Gasteiger partial charge < -0.3 is 0 Å². The molecular weight excluding hydrogens is 232 g/mol. The van der Waals surface area contributed by atoms with Crippen LogP contribution >= 0.6 is 0 Å². The van der Waals surface area contributed by atoms with Crippen LogP contribution in [0, 0.1) is 13.8 Å². The molecule has 3 rings (SSSR count). The van der Waals surface area contributed by atoms with Crippen molar-refractivity contribution in [2.75, 3.05) is 19.6 Å². The van der Waals surface area contributed by atoms with Crippen molar-refractivity contribution in [1.82, 2.24) is 9.80 Å². The van der Waals surface area contributed by atoms with Crippen LogP contribution in [0.15, 0.2) is 18.2 Å². The van der Waals surface area contributed by atoms with Crippen LogP contribution in [0.2, 0.25) is 0 Å². The van der Waals surface area contributed by atoms with Crippen molar-refractivity contribution in [2.45, 2.75) is 52.2 Å². The summed E-state index contributed by atoms with van der Waals surface area (Å²) >= 11 is 0. The number of aryl methyl sites for hydroxylation is 2. The third kappa shape index (κ3) is 2.56. The van der Waals surface area contributed by atoms with Gasteiger partial charge in [-0.05, 0) is 51.3 Å². The average Bonchev–Trinajstić information content (AvgIpc) is 2.85. The number of hydrogen-bond donors (Lipinski definition) is 0. The second-order valence-corrected chi connectivity index (χ2v) is 6.39. The van der Waals surface area contributed by atoms with E-state index in [4.69, 9.17) is 0 Å². The standard InChI is InChI=1S/C17H26N2/c1-13-6-7-16(14(2)11-13)12-19-10-9-18-8-4-5-17(18)15(19)3/h6-7,11,15,17H,4-5,8-10,12H2,1-3H3. The van der Waals surface area contributed by atoms with Crippen LogP contribution in [0.3, 0.4) is 0 Å². The number of piperazine rings is 1. The topological polar surface area (TPSA) is 6.48 Å². The zero-order valence-electron chi connectivity index (χ0n) is 12.5. The first-order valence-corrected chi connectivity index (χ1v) is 7.69. The minimum atomic E-state index is 0.706. The van der Waals surface area contributed by atoms with E-state index in [9.17, 15) is 0 Å². The second kappa shape index (κ2) is 5.26. The molecule has 2 unspecified atom stereocenters. The molecule has 2 heteroatoms. The van der Waals surface area contributed by atoms with Crippen molar-refractivity contribution in [3.63, 3.8) is 0 Å². The molecular formula is C17H26N2. The summed E-state index contributed by atoms with van der Waals surface area (Å²) in [7, 11) is 0. The van der Waals surface area contributed by atoms with Gasteiger partial charge in [0.15, 0.2) is 0 Å². The van der Waals surface area contributed by atoms with E-state index in [1.165, 1.54) is 49.2 Å². The van der Waals surface area contributed by atoms with Crippen LogP contribution in [-0.4, -0.2) is 41.5 Å². The highest BCUT2D eigenvalue weighted by molar-refractivity contribution is 5.30. The van der Waals surface area contributed by atoms with E-state index in [1.54, 1.807) is 0 Å². The van der Waals surface area contributed by atoms with Gasteiger partial charge in [-0.1, -0.05) is 23.8 Å². The molecule has 0 bridgehead atoms. The summed E-state index contributed by atoms with van der Waals surface area (Å²) in [5, 5.41) is 0. The van der Waals surface area contributed by atoms with E-state index in [2.05, 4.69) is 48.8 Å². The summed E-state index contributed by atoms with van der Waals surface area (Å²) in [6.45, 7) is 11.8. The maximum absolute atomic E-state index is 2.70. The fourth-order valence-electron chi connectivity index (χ4n) is 3.84. The maximum atomic E-state index is 2.70. The summed E-state index contributed by atoms with van der Waals surface area (Å²) in [4.78, 5) is 5.38. The van der Waals surface area contributed by atoms with Crippen molar-refractivity contribution >= 4 is 0 Å². The van der Waals surface area contributed by atoms with Crippen molar-refractivity contribution in [1.29, 1.82) is 0 Å². The van der Waals surface area contributed by atoms with E-state index in [1.807, 2.05) is 0 Å². The summed E-state index contributed by atoms with van der Waals surface area (Å²) < 4.78 is 0. The molecule has 1 aromatic rings. The normalized spacial score (nSPS) is 28.6. The Kier molecular flexibility index (Phi) is 3.64. The molecule has 2 aliphatic rings. The highest BCUT2D eigenvalue weighted by Crippen LogP contribution is 2.28. The lowest BCUT2D eigenvalue weighted by atomic mass is 10.00.